The van der Waals surface area contributed by atoms with E-state index in [1.54, 1.807) is 14.0 Å². The number of esters is 1. The highest BCUT2D eigenvalue weighted by molar-refractivity contribution is 7.14. The molecule has 0 aliphatic rings. The van der Waals surface area contributed by atoms with Gasteiger partial charge in [-0.2, -0.15) is 0 Å². The van der Waals surface area contributed by atoms with E-state index < -0.39 is 12.1 Å². The van der Waals surface area contributed by atoms with Crippen molar-refractivity contribution in [3.63, 3.8) is 0 Å². The molecule has 27 heavy (non-hydrogen) atoms. The first-order valence-corrected chi connectivity index (χ1v) is 9.35. The highest BCUT2D eigenvalue weighted by Crippen LogP contribution is 2.29. The summed E-state index contributed by atoms with van der Waals surface area (Å²) in [6.45, 7) is 3.42. The van der Waals surface area contributed by atoms with Gasteiger partial charge in [-0.15, -0.1) is 11.3 Å². The van der Waals surface area contributed by atoms with E-state index in [1.165, 1.54) is 16.2 Å². The molecular formula is C21H20N2O3S. The standard InChI is InChI=1S/C21H20N2O3S/c1-14(20(24)23(3)17-12-8-5-9-13-17)26-21(25)19-18(22-15(2)27-19)16-10-6-4-7-11-16/h4-14H,1-3H3/t14-/m0/s1. The number of likely N-dealkylation sites (N-methyl/N-ethyl adjacent to an activating group) is 1. The molecular weight excluding hydrogens is 360 g/mol. The highest BCUT2D eigenvalue weighted by atomic mass is 32.1. The lowest BCUT2D eigenvalue weighted by molar-refractivity contribution is -0.126. The maximum absolute atomic E-state index is 12.7. The van der Waals surface area contributed by atoms with Crippen LogP contribution in [0.5, 0.6) is 0 Å². The first-order chi connectivity index (χ1) is 13.0. The Bertz CT molecular complexity index is 939. The van der Waals surface area contributed by atoms with Gasteiger partial charge in [0.25, 0.3) is 5.91 Å². The van der Waals surface area contributed by atoms with Crippen LogP contribution in [0.4, 0.5) is 5.69 Å². The maximum Gasteiger partial charge on any atom is 0.351 e. The molecule has 0 aliphatic carbocycles. The molecule has 2 aromatic carbocycles. The van der Waals surface area contributed by atoms with Crippen LogP contribution >= 0.6 is 11.3 Å². The first-order valence-electron chi connectivity index (χ1n) is 8.54. The average molecular weight is 380 g/mol. The van der Waals surface area contributed by atoms with Gasteiger partial charge in [0.15, 0.2) is 6.10 Å². The fraction of sp³-hybridized carbons (Fsp3) is 0.190. The number of benzene rings is 2. The Morgan fingerprint density at radius 1 is 1.04 bits per heavy atom. The van der Waals surface area contributed by atoms with E-state index in [1.807, 2.05) is 67.6 Å². The second-order valence-electron chi connectivity index (χ2n) is 6.06. The predicted octanol–water partition coefficient (Wildman–Crippen LogP) is 4.33. The van der Waals surface area contributed by atoms with Crippen LogP contribution in [0.15, 0.2) is 60.7 Å². The number of ether oxygens (including phenoxy) is 1. The van der Waals surface area contributed by atoms with E-state index in [2.05, 4.69) is 4.98 Å². The summed E-state index contributed by atoms with van der Waals surface area (Å²) >= 11 is 1.27. The quantitative estimate of drug-likeness (QED) is 0.618. The SMILES string of the molecule is Cc1nc(-c2ccccc2)c(C(=O)O[C@@H](C)C(=O)N(C)c2ccccc2)s1. The first kappa shape index (κ1) is 18.8. The highest BCUT2D eigenvalue weighted by Gasteiger charge is 2.26. The Balaban J connectivity index is 1.77. The summed E-state index contributed by atoms with van der Waals surface area (Å²) < 4.78 is 5.46. The van der Waals surface area contributed by atoms with Crippen molar-refractivity contribution in [2.45, 2.75) is 20.0 Å². The monoisotopic (exact) mass is 380 g/mol. The van der Waals surface area contributed by atoms with Crippen LogP contribution in [0, 0.1) is 6.92 Å². The van der Waals surface area contributed by atoms with Crippen molar-refractivity contribution in [1.29, 1.82) is 0 Å². The topological polar surface area (TPSA) is 59.5 Å². The molecule has 5 nitrogen and oxygen atoms in total. The van der Waals surface area contributed by atoms with Crippen molar-refractivity contribution in [1.82, 2.24) is 4.98 Å². The largest absolute Gasteiger partial charge is 0.448 e. The number of hydrogen-bond donors (Lipinski definition) is 0. The zero-order valence-electron chi connectivity index (χ0n) is 15.4. The predicted molar refractivity (Wildman–Crippen MR) is 107 cm³/mol. The van der Waals surface area contributed by atoms with Gasteiger partial charge in [0, 0.05) is 18.3 Å². The second-order valence-corrected chi connectivity index (χ2v) is 7.26. The molecule has 3 rings (SSSR count). The number of para-hydroxylation sites is 1. The van der Waals surface area contributed by atoms with Crippen LogP contribution < -0.4 is 4.90 Å². The smallest absolute Gasteiger partial charge is 0.351 e. The van der Waals surface area contributed by atoms with E-state index in [4.69, 9.17) is 4.74 Å². The number of thiazole rings is 1. The summed E-state index contributed by atoms with van der Waals surface area (Å²) in [6, 6.07) is 18.7. The van der Waals surface area contributed by atoms with Gasteiger partial charge in [-0.05, 0) is 26.0 Å². The Morgan fingerprint density at radius 3 is 2.26 bits per heavy atom. The molecule has 3 aromatic rings. The molecule has 1 aromatic heterocycles. The molecule has 0 aliphatic heterocycles. The Kier molecular flexibility index (Phi) is 5.66. The van der Waals surface area contributed by atoms with Gasteiger partial charge in [0.1, 0.15) is 4.88 Å². The molecule has 0 radical (unpaired) electrons. The summed E-state index contributed by atoms with van der Waals surface area (Å²) in [5, 5.41) is 0.765. The minimum Gasteiger partial charge on any atom is -0.448 e. The molecule has 0 unspecified atom stereocenters. The number of rotatable bonds is 5. The van der Waals surface area contributed by atoms with Crippen LogP contribution in [0.1, 0.15) is 21.6 Å². The number of aromatic nitrogens is 1. The van der Waals surface area contributed by atoms with E-state index >= 15 is 0 Å². The molecule has 0 saturated carbocycles. The lowest BCUT2D eigenvalue weighted by Gasteiger charge is -2.21. The van der Waals surface area contributed by atoms with Gasteiger partial charge in [0.05, 0.1) is 10.7 Å². The van der Waals surface area contributed by atoms with Crippen molar-refractivity contribution in [2.24, 2.45) is 0 Å². The number of aryl methyl sites for hydroxylation is 1. The average Bonchev–Trinajstić information content (AvgIpc) is 3.10. The van der Waals surface area contributed by atoms with Gasteiger partial charge >= 0.3 is 5.97 Å². The van der Waals surface area contributed by atoms with Crippen molar-refractivity contribution >= 4 is 28.9 Å². The summed E-state index contributed by atoms with van der Waals surface area (Å²) in [5.74, 6) is -0.834. The maximum atomic E-state index is 12.7. The molecule has 0 saturated heterocycles. The molecule has 6 heteroatoms. The van der Waals surface area contributed by atoms with Crippen molar-refractivity contribution in [2.75, 3.05) is 11.9 Å². The fourth-order valence-electron chi connectivity index (χ4n) is 2.67. The molecule has 0 fully saturated rings. The lowest BCUT2D eigenvalue weighted by atomic mass is 10.1. The van der Waals surface area contributed by atoms with Crippen molar-refractivity contribution in [3.8, 4) is 11.3 Å². The number of anilines is 1. The van der Waals surface area contributed by atoms with Crippen LogP contribution in [0.2, 0.25) is 0 Å². The molecule has 1 amide bonds. The molecule has 0 bridgehead atoms. The third kappa shape index (κ3) is 4.23. The van der Waals surface area contributed by atoms with Gasteiger partial charge < -0.3 is 9.64 Å². The summed E-state index contributed by atoms with van der Waals surface area (Å²) in [6.07, 6.45) is -0.909. The van der Waals surface area contributed by atoms with E-state index in [-0.39, 0.29) is 5.91 Å². The normalized spacial score (nSPS) is 11.7. The molecule has 1 heterocycles. The Labute approximate surface area is 162 Å². The Hall–Kier alpha value is -2.99. The zero-order chi connectivity index (χ0) is 19.4. The molecule has 0 N–H and O–H groups in total. The summed E-state index contributed by atoms with van der Waals surface area (Å²) in [7, 11) is 1.66. The minimum absolute atomic E-state index is 0.294. The third-order valence-corrected chi connectivity index (χ3v) is 5.02. The van der Waals surface area contributed by atoms with Crippen molar-refractivity contribution < 1.29 is 14.3 Å². The molecule has 138 valence electrons. The summed E-state index contributed by atoms with van der Waals surface area (Å²) in [5.41, 5.74) is 2.16. The zero-order valence-corrected chi connectivity index (χ0v) is 16.2. The molecule has 1 atom stereocenters. The van der Waals surface area contributed by atoms with E-state index in [9.17, 15) is 9.59 Å². The third-order valence-electron chi connectivity index (χ3n) is 4.07. The van der Waals surface area contributed by atoms with Gasteiger partial charge in [-0.25, -0.2) is 9.78 Å². The van der Waals surface area contributed by atoms with Gasteiger partial charge in [0.2, 0.25) is 0 Å². The number of carbonyl (C=O) groups is 2. The van der Waals surface area contributed by atoms with Gasteiger partial charge in [-0.1, -0.05) is 48.5 Å². The summed E-state index contributed by atoms with van der Waals surface area (Å²) in [4.78, 5) is 31.7. The number of amides is 1. The number of carbonyl (C=O) groups excluding carboxylic acids is 2. The fourth-order valence-corrected chi connectivity index (χ4v) is 3.50. The Morgan fingerprint density at radius 2 is 1.63 bits per heavy atom. The lowest BCUT2D eigenvalue weighted by Crippen LogP contribution is -2.37. The number of nitrogens with zero attached hydrogens (tertiary/aromatic N) is 2. The minimum atomic E-state index is -0.909. The second kappa shape index (κ2) is 8.14. The van der Waals surface area contributed by atoms with Crippen LogP contribution in [0.25, 0.3) is 11.3 Å². The van der Waals surface area contributed by atoms with Crippen LogP contribution in [0.3, 0.4) is 0 Å². The number of hydrogen-bond acceptors (Lipinski definition) is 5. The van der Waals surface area contributed by atoms with E-state index in [0.29, 0.717) is 10.6 Å². The van der Waals surface area contributed by atoms with Gasteiger partial charge in [-0.3, -0.25) is 4.79 Å². The van der Waals surface area contributed by atoms with E-state index in [0.717, 1.165) is 16.3 Å². The van der Waals surface area contributed by atoms with Crippen molar-refractivity contribution in [3.05, 3.63) is 70.5 Å². The molecule has 0 spiro atoms. The van der Waals surface area contributed by atoms with Crippen LogP contribution in [-0.2, 0) is 9.53 Å². The van der Waals surface area contributed by atoms with Crippen LogP contribution in [-0.4, -0.2) is 30.0 Å².